The summed E-state index contributed by atoms with van der Waals surface area (Å²) in [6, 6.07) is 0. The summed E-state index contributed by atoms with van der Waals surface area (Å²) >= 11 is 0. The van der Waals surface area contributed by atoms with Gasteiger partial charge in [0.1, 0.15) is 0 Å². The second-order valence-corrected chi connectivity index (χ2v) is 6.21. The van der Waals surface area contributed by atoms with Gasteiger partial charge in [0.2, 0.25) is 0 Å². The Kier molecular flexibility index (Phi) is 14.0. The van der Waals surface area contributed by atoms with Gasteiger partial charge in [-0.25, -0.2) is 0 Å². The summed E-state index contributed by atoms with van der Waals surface area (Å²) in [5.74, 6) is 6.27. The van der Waals surface area contributed by atoms with Crippen LogP contribution in [0.1, 0.15) is 99.8 Å². The van der Waals surface area contributed by atoms with Crippen LogP contribution in [-0.4, -0.2) is 0 Å². The summed E-state index contributed by atoms with van der Waals surface area (Å²) < 4.78 is 0. The molecule has 0 unspecified atom stereocenters. The van der Waals surface area contributed by atoms with Crippen molar-refractivity contribution in [2.45, 2.75) is 99.8 Å². The first-order valence-corrected chi connectivity index (χ1v) is 9.11. The van der Waals surface area contributed by atoms with E-state index in [4.69, 9.17) is 0 Å². The van der Waals surface area contributed by atoms with Crippen molar-refractivity contribution in [2.75, 3.05) is 0 Å². The molecule has 0 N–H and O–H groups in total. The molecule has 0 heterocycles. The van der Waals surface area contributed by atoms with E-state index in [2.05, 4.69) is 38.3 Å². The largest absolute Gasteiger partial charge is 0.106 e. The van der Waals surface area contributed by atoms with Gasteiger partial charge in [0, 0.05) is 5.41 Å². The zero-order valence-electron chi connectivity index (χ0n) is 15.9. The summed E-state index contributed by atoms with van der Waals surface area (Å²) in [6.07, 6.45) is 13.0. The van der Waals surface area contributed by atoms with Crippen molar-refractivity contribution in [1.29, 1.82) is 0 Å². The lowest BCUT2D eigenvalue weighted by Crippen LogP contribution is -2.05. The molecular weight excluding hydrogens is 252 g/mol. The summed E-state index contributed by atoms with van der Waals surface area (Å²) in [7, 11) is 0. The molecule has 2 aliphatic carbocycles. The Hall–Kier alpha value is -0.700. The zero-order chi connectivity index (χ0) is 16.8. The summed E-state index contributed by atoms with van der Waals surface area (Å²) in [4.78, 5) is 0. The summed E-state index contributed by atoms with van der Waals surface area (Å²) in [5.41, 5.74) is 0.884. The van der Waals surface area contributed by atoms with Gasteiger partial charge in [-0.2, -0.15) is 0 Å². The van der Waals surface area contributed by atoms with Crippen LogP contribution in [0.4, 0.5) is 0 Å². The molecule has 0 atom stereocenters. The van der Waals surface area contributed by atoms with Crippen LogP contribution in [0, 0.1) is 22.7 Å². The van der Waals surface area contributed by atoms with Crippen LogP contribution in [0.3, 0.4) is 0 Å². The van der Waals surface area contributed by atoms with E-state index >= 15 is 0 Å². The predicted octanol–water partition coefficient (Wildman–Crippen LogP) is 7.40. The van der Waals surface area contributed by atoms with E-state index in [1.807, 2.05) is 34.6 Å². The van der Waals surface area contributed by atoms with E-state index in [9.17, 15) is 0 Å². The van der Waals surface area contributed by atoms with Crippen LogP contribution in [0.2, 0.25) is 0 Å². The molecule has 2 aliphatic rings. The molecule has 21 heavy (non-hydrogen) atoms. The quantitative estimate of drug-likeness (QED) is 0.349. The van der Waals surface area contributed by atoms with Gasteiger partial charge in [0.25, 0.3) is 0 Å². The minimum Gasteiger partial charge on any atom is -0.106 e. The highest BCUT2D eigenvalue weighted by atomic mass is 14.3. The van der Waals surface area contributed by atoms with Crippen molar-refractivity contribution in [3.63, 3.8) is 0 Å². The summed E-state index contributed by atoms with van der Waals surface area (Å²) in [6.45, 7) is 18.3. The van der Waals surface area contributed by atoms with Crippen LogP contribution in [0.5, 0.6) is 0 Å². The molecule has 124 valence electrons. The molecule has 0 aromatic carbocycles. The topological polar surface area (TPSA) is 0 Å². The molecule has 2 fully saturated rings. The standard InChI is InChI=1S/C9H14.C8H14.2C2H6/c1-3-6-9(2)7-4-5-8-9;1-3-8(2)6-4-5-7-8;2*1-2/h4-5,7-8H2,1-2H3;3H,1,4-7H2,2H3;2*1-2H3. The molecule has 0 aromatic heterocycles. The minimum atomic E-state index is 0.384. The average Bonchev–Trinajstić information content (AvgIpc) is 3.14. The highest BCUT2D eigenvalue weighted by Crippen LogP contribution is 2.38. The van der Waals surface area contributed by atoms with Crippen LogP contribution >= 0.6 is 0 Å². The third-order valence-corrected chi connectivity index (χ3v) is 4.37. The fraction of sp³-hybridized carbons (Fsp3) is 0.810. The fourth-order valence-electron chi connectivity index (χ4n) is 2.97. The SMILES string of the molecule is C=CC1(C)CCCC1.CC.CC.CC#CC1(C)CCCC1. The van der Waals surface area contributed by atoms with Crippen molar-refractivity contribution in [3.8, 4) is 11.8 Å². The van der Waals surface area contributed by atoms with E-state index in [1.54, 1.807) is 0 Å². The number of hydrogen-bond acceptors (Lipinski definition) is 0. The smallest absolute Gasteiger partial charge is 0.0286 e. The molecule has 0 radical (unpaired) electrons. The van der Waals surface area contributed by atoms with Crippen molar-refractivity contribution in [2.24, 2.45) is 10.8 Å². The number of hydrogen-bond donors (Lipinski definition) is 0. The second kappa shape index (κ2) is 13.0. The van der Waals surface area contributed by atoms with Crippen LogP contribution < -0.4 is 0 Å². The Bertz CT molecular complexity index is 288. The van der Waals surface area contributed by atoms with Crippen molar-refractivity contribution in [1.82, 2.24) is 0 Å². The van der Waals surface area contributed by atoms with E-state index in [-0.39, 0.29) is 0 Å². The van der Waals surface area contributed by atoms with Crippen LogP contribution in [0.25, 0.3) is 0 Å². The van der Waals surface area contributed by atoms with Gasteiger partial charge in [0.15, 0.2) is 0 Å². The molecule has 2 rings (SSSR count). The fourth-order valence-corrected chi connectivity index (χ4v) is 2.97. The van der Waals surface area contributed by atoms with Gasteiger partial charge in [0.05, 0.1) is 0 Å². The maximum Gasteiger partial charge on any atom is 0.0286 e. The van der Waals surface area contributed by atoms with E-state index < -0.39 is 0 Å². The van der Waals surface area contributed by atoms with Gasteiger partial charge in [-0.3, -0.25) is 0 Å². The highest BCUT2D eigenvalue weighted by Gasteiger charge is 2.25. The third kappa shape index (κ3) is 9.78. The van der Waals surface area contributed by atoms with Crippen molar-refractivity contribution < 1.29 is 0 Å². The molecule has 0 heteroatoms. The Morgan fingerprint density at radius 1 is 0.810 bits per heavy atom. The number of allylic oxidation sites excluding steroid dienone is 1. The molecule has 0 bridgehead atoms. The maximum atomic E-state index is 3.81. The van der Waals surface area contributed by atoms with Gasteiger partial charge >= 0.3 is 0 Å². The van der Waals surface area contributed by atoms with Gasteiger partial charge in [-0.05, 0) is 44.9 Å². The van der Waals surface area contributed by atoms with Gasteiger partial charge in [-0.1, -0.05) is 72.3 Å². The molecular formula is C21H40. The van der Waals surface area contributed by atoms with Crippen LogP contribution in [-0.2, 0) is 0 Å². The lowest BCUT2D eigenvalue weighted by molar-refractivity contribution is 0.447. The van der Waals surface area contributed by atoms with E-state index in [0.717, 1.165) is 0 Å². The Labute approximate surface area is 135 Å². The second-order valence-electron chi connectivity index (χ2n) is 6.21. The van der Waals surface area contributed by atoms with E-state index in [0.29, 0.717) is 10.8 Å². The normalized spacial score (nSPS) is 20.1. The van der Waals surface area contributed by atoms with E-state index in [1.165, 1.54) is 51.4 Å². The highest BCUT2D eigenvalue weighted by molar-refractivity contribution is 5.10. The lowest BCUT2D eigenvalue weighted by Gasteiger charge is -2.15. The Balaban J connectivity index is 0. The molecule has 0 saturated heterocycles. The number of rotatable bonds is 1. The van der Waals surface area contributed by atoms with Crippen molar-refractivity contribution in [3.05, 3.63) is 12.7 Å². The average molecular weight is 293 g/mol. The van der Waals surface area contributed by atoms with Crippen LogP contribution in [0.15, 0.2) is 12.7 Å². The molecule has 0 aromatic rings. The third-order valence-electron chi connectivity index (χ3n) is 4.37. The maximum absolute atomic E-state index is 3.81. The molecule has 0 amide bonds. The monoisotopic (exact) mass is 292 g/mol. The molecule has 0 aliphatic heterocycles. The zero-order valence-corrected chi connectivity index (χ0v) is 15.9. The molecule has 0 spiro atoms. The molecule has 2 saturated carbocycles. The minimum absolute atomic E-state index is 0.384. The first-order valence-electron chi connectivity index (χ1n) is 9.11. The summed E-state index contributed by atoms with van der Waals surface area (Å²) in [5, 5.41) is 0. The lowest BCUT2D eigenvalue weighted by atomic mass is 9.90. The first-order chi connectivity index (χ1) is 10.0. The Morgan fingerprint density at radius 3 is 1.48 bits per heavy atom. The van der Waals surface area contributed by atoms with Gasteiger partial charge in [-0.15, -0.1) is 12.5 Å². The first kappa shape index (κ1) is 22.6. The molecule has 0 nitrogen and oxygen atoms in total. The van der Waals surface area contributed by atoms with Gasteiger partial charge < -0.3 is 0 Å². The van der Waals surface area contributed by atoms with Crippen molar-refractivity contribution >= 4 is 0 Å². The Morgan fingerprint density at radius 2 is 1.19 bits per heavy atom. The predicted molar refractivity (Wildman–Crippen MR) is 99.5 cm³/mol.